The smallest absolute Gasteiger partial charge is 0.315 e. The molecule has 1 fully saturated rings. The molecular formula is C17H24N4O2S. The Kier molecular flexibility index (Phi) is 5.90. The molecule has 3 rings (SSSR count). The molecule has 0 radical (unpaired) electrons. The van der Waals surface area contributed by atoms with E-state index in [-0.39, 0.29) is 12.1 Å². The van der Waals surface area contributed by atoms with Crippen LogP contribution < -0.4 is 10.6 Å². The lowest BCUT2D eigenvalue weighted by molar-refractivity contribution is 0.112. The lowest BCUT2D eigenvalue weighted by Gasteiger charge is -2.37. The molecule has 0 aromatic carbocycles. The van der Waals surface area contributed by atoms with Gasteiger partial charge in [-0.3, -0.25) is 4.90 Å². The van der Waals surface area contributed by atoms with Gasteiger partial charge in [-0.05, 0) is 30.6 Å². The maximum atomic E-state index is 12.1. The molecule has 2 N–H and O–H groups in total. The molecule has 7 heteroatoms. The van der Waals surface area contributed by atoms with E-state index in [0.29, 0.717) is 13.1 Å². The van der Waals surface area contributed by atoms with Gasteiger partial charge in [0.2, 0.25) is 0 Å². The summed E-state index contributed by atoms with van der Waals surface area (Å²) in [5, 5.41) is 7.92. The van der Waals surface area contributed by atoms with E-state index in [1.165, 1.54) is 4.88 Å². The number of thiophene rings is 1. The van der Waals surface area contributed by atoms with Gasteiger partial charge in [0.15, 0.2) is 0 Å². The number of carbonyl (C=O) groups excluding carboxylic acids is 1. The Morgan fingerprint density at radius 2 is 2.08 bits per heavy atom. The Bertz CT molecular complexity index is 607. The second-order valence-electron chi connectivity index (χ2n) is 6.01. The van der Waals surface area contributed by atoms with Crippen LogP contribution in [0.2, 0.25) is 0 Å². The fourth-order valence-corrected chi connectivity index (χ4v) is 3.72. The van der Waals surface area contributed by atoms with E-state index in [1.54, 1.807) is 17.6 Å². The molecule has 0 aliphatic carbocycles. The maximum Gasteiger partial charge on any atom is 0.315 e. The largest absolute Gasteiger partial charge is 0.467 e. The van der Waals surface area contributed by atoms with Crippen molar-refractivity contribution < 1.29 is 9.21 Å². The second-order valence-corrected chi connectivity index (χ2v) is 6.99. The average Bonchev–Trinajstić information content (AvgIpc) is 3.28. The molecule has 1 atom stereocenters. The summed E-state index contributed by atoms with van der Waals surface area (Å²) in [5.74, 6) is 0.749. The van der Waals surface area contributed by atoms with Gasteiger partial charge in [-0.1, -0.05) is 6.07 Å². The van der Waals surface area contributed by atoms with Crippen molar-refractivity contribution in [2.75, 3.05) is 39.8 Å². The molecule has 1 aliphatic heterocycles. The Morgan fingerprint density at radius 3 is 2.75 bits per heavy atom. The standard InChI is InChI=1S/C17H24N4O2S/c1-20-6-8-21(9-7-20)15(16-5-3-11-24-16)13-19-17(22)18-12-14-4-2-10-23-14/h2-5,10-11,15H,6-9,12-13H2,1H3,(H2,18,19,22)/t15-/m1/s1. The highest BCUT2D eigenvalue weighted by Gasteiger charge is 2.25. The van der Waals surface area contributed by atoms with Crippen LogP contribution in [0.5, 0.6) is 0 Å². The van der Waals surface area contributed by atoms with Gasteiger partial charge in [0.05, 0.1) is 18.8 Å². The van der Waals surface area contributed by atoms with Crippen molar-refractivity contribution in [3.05, 3.63) is 46.5 Å². The zero-order chi connectivity index (χ0) is 16.8. The summed E-state index contributed by atoms with van der Waals surface area (Å²) < 4.78 is 5.22. The summed E-state index contributed by atoms with van der Waals surface area (Å²) in [5.41, 5.74) is 0. The first-order valence-corrected chi connectivity index (χ1v) is 9.10. The molecule has 2 amide bonds. The minimum Gasteiger partial charge on any atom is -0.467 e. The van der Waals surface area contributed by atoms with Gasteiger partial charge in [-0.2, -0.15) is 0 Å². The van der Waals surface area contributed by atoms with Gasteiger partial charge in [-0.25, -0.2) is 4.79 Å². The lowest BCUT2D eigenvalue weighted by Crippen LogP contribution is -2.49. The molecule has 2 aromatic rings. The fraction of sp³-hybridized carbons (Fsp3) is 0.471. The van der Waals surface area contributed by atoms with Crippen LogP contribution in [0.15, 0.2) is 40.3 Å². The number of hydrogen-bond acceptors (Lipinski definition) is 5. The molecule has 130 valence electrons. The number of nitrogens with zero attached hydrogens (tertiary/aromatic N) is 2. The number of piperazine rings is 1. The zero-order valence-electron chi connectivity index (χ0n) is 13.9. The molecule has 0 bridgehead atoms. The number of amides is 2. The van der Waals surface area contributed by atoms with Gasteiger partial charge < -0.3 is 20.0 Å². The summed E-state index contributed by atoms with van der Waals surface area (Å²) in [7, 11) is 2.15. The number of furan rings is 1. The van der Waals surface area contributed by atoms with E-state index in [4.69, 9.17) is 4.42 Å². The minimum atomic E-state index is -0.165. The summed E-state index contributed by atoms with van der Waals surface area (Å²) in [4.78, 5) is 18.2. The maximum absolute atomic E-state index is 12.1. The van der Waals surface area contributed by atoms with E-state index in [0.717, 1.165) is 31.9 Å². The molecular weight excluding hydrogens is 324 g/mol. The average molecular weight is 348 g/mol. The highest BCUT2D eigenvalue weighted by atomic mass is 32.1. The van der Waals surface area contributed by atoms with Gasteiger partial charge in [0.1, 0.15) is 5.76 Å². The van der Waals surface area contributed by atoms with Crippen LogP contribution >= 0.6 is 11.3 Å². The van der Waals surface area contributed by atoms with E-state index < -0.39 is 0 Å². The third kappa shape index (κ3) is 4.59. The summed E-state index contributed by atoms with van der Waals surface area (Å²) >= 11 is 1.75. The fourth-order valence-electron chi connectivity index (χ4n) is 2.86. The molecule has 3 heterocycles. The van der Waals surface area contributed by atoms with Crippen LogP contribution in [-0.4, -0.2) is 55.6 Å². The number of likely N-dealkylation sites (N-methyl/N-ethyl adjacent to an activating group) is 1. The predicted octanol–water partition coefficient (Wildman–Crippen LogP) is 2.13. The van der Waals surface area contributed by atoms with Crippen LogP contribution in [0.1, 0.15) is 16.7 Å². The SMILES string of the molecule is CN1CCN([C@H](CNC(=O)NCc2ccco2)c2cccs2)CC1. The van der Waals surface area contributed by atoms with E-state index in [2.05, 4.69) is 45.0 Å². The molecule has 2 aromatic heterocycles. The Balaban J connectivity index is 1.53. The first-order chi connectivity index (χ1) is 11.7. The van der Waals surface area contributed by atoms with Crippen LogP contribution in [0.25, 0.3) is 0 Å². The summed E-state index contributed by atoms with van der Waals surface area (Å²) in [6.07, 6.45) is 1.61. The Labute approximate surface area is 146 Å². The quantitative estimate of drug-likeness (QED) is 0.840. The van der Waals surface area contributed by atoms with Crippen LogP contribution in [-0.2, 0) is 6.54 Å². The molecule has 1 saturated heterocycles. The highest BCUT2D eigenvalue weighted by Crippen LogP contribution is 2.25. The normalized spacial score (nSPS) is 17.5. The predicted molar refractivity (Wildman–Crippen MR) is 95.1 cm³/mol. The van der Waals surface area contributed by atoms with Crippen LogP contribution in [0.3, 0.4) is 0 Å². The second kappa shape index (κ2) is 8.32. The van der Waals surface area contributed by atoms with Crippen molar-refractivity contribution in [3.8, 4) is 0 Å². The number of hydrogen-bond donors (Lipinski definition) is 2. The molecule has 6 nitrogen and oxygen atoms in total. The van der Waals surface area contributed by atoms with E-state index >= 15 is 0 Å². The van der Waals surface area contributed by atoms with Crippen molar-refractivity contribution >= 4 is 17.4 Å². The monoisotopic (exact) mass is 348 g/mol. The van der Waals surface area contributed by atoms with Crippen molar-refractivity contribution in [1.29, 1.82) is 0 Å². The topological polar surface area (TPSA) is 60.8 Å². The summed E-state index contributed by atoms with van der Waals surface area (Å²) in [6.45, 7) is 5.17. The number of rotatable bonds is 6. The number of nitrogens with one attached hydrogen (secondary N) is 2. The Morgan fingerprint density at radius 1 is 1.25 bits per heavy atom. The molecule has 24 heavy (non-hydrogen) atoms. The van der Waals surface area contributed by atoms with Gasteiger partial charge in [-0.15, -0.1) is 11.3 Å². The minimum absolute atomic E-state index is 0.165. The van der Waals surface area contributed by atoms with E-state index in [9.17, 15) is 4.79 Å². The third-order valence-electron chi connectivity index (χ3n) is 4.31. The summed E-state index contributed by atoms with van der Waals surface area (Å²) in [6, 6.07) is 7.94. The highest BCUT2D eigenvalue weighted by molar-refractivity contribution is 7.10. The van der Waals surface area contributed by atoms with E-state index in [1.807, 2.05) is 12.1 Å². The van der Waals surface area contributed by atoms with Crippen LogP contribution in [0.4, 0.5) is 4.79 Å². The number of carbonyl (C=O) groups is 1. The van der Waals surface area contributed by atoms with Gasteiger partial charge in [0, 0.05) is 37.6 Å². The molecule has 0 saturated carbocycles. The Hall–Kier alpha value is -1.83. The first kappa shape index (κ1) is 17.0. The van der Waals surface area contributed by atoms with Crippen molar-refractivity contribution in [3.63, 3.8) is 0 Å². The van der Waals surface area contributed by atoms with Crippen molar-refractivity contribution in [2.24, 2.45) is 0 Å². The van der Waals surface area contributed by atoms with Gasteiger partial charge in [0.25, 0.3) is 0 Å². The van der Waals surface area contributed by atoms with Crippen molar-refractivity contribution in [1.82, 2.24) is 20.4 Å². The third-order valence-corrected chi connectivity index (χ3v) is 5.28. The molecule has 1 aliphatic rings. The first-order valence-electron chi connectivity index (χ1n) is 8.22. The lowest BCUT2D eigenvalue weighted by atomic mass is 10.1. The zero-order valence-corrected chi connectivity index (χ0v) is 14.7. The number of urea groups is 1. The van der Waals surface area contributed by atoms with Crippen molar-refractivity contribution in [2.45, 2.75) is 12.6 Å². The van der Waals surface area contributed by atoms with Crippen LogP contribution in [0, 0.1) is 0 Å². The molecule has 0 spiro atoms. The van der Waals surface area contributed by atoms with Gasteiger partial charge >= 0.3 is 6.03 Å². The molecule has 0 unspecified atom stereocenters.